The van der Waals surface area contributed by atoms with Gasteiger partial charge in [0.2, 0.25) is 6.79 Å². The minimum absolute atomic E-state index is 0.116. The number of esters is 1. The van der Waals surface area contributed by atoms with Crippen LogP contribution in [0.4, 0.5) is 0 Å². The number of hydrogen-bond acceptors (Lipinski definition) is 6. The molecule has 0 unspecified atom stereocenters. The van der Waals surface area contributed by atoms with Crippen molar-refractivity contribution in [3.8, 4) is 11.5 Å². The zero-order chi connectivity index (χ0) is 23.2. The summed E-state index contributed by atoms with van der Waals surface area (Å²) < 4.78 is 16.4. The fourth-order valence-corrected chi connectivity index (χ4v) is 4.14. The maximum atomic E-state index is 13.2. The summed E-state index contributed by atoms with van der Waals surface area (Å²) in [6, 6.07) is 13.4. The van der Waals surface area contributed by atoms with E-state index in [9.17, 15) is 9.59 Å². The van der Waals surface area contributed by atoms with Gasteiger partial charge in [0.15, 0.2) is 23.9 Å². The van der Waals surface area contributed by atoms with Crippen molar-refractivity contribution in [2.45, 2.75) is 33.6 Å². The number of para-hydroxylation sites is 1. The molecule has 0 saturated heterocycles. The number of rotatable bonds is 4. The molecule has 0 atom stereocenters. The molecular formula is C27H25NO5. The zero-order valence-electron chi connectivity index (χ0n) is 18.9. The van der Waals surface area contributed by atoms with Crippen molar-refractivity contribution < 1.29 is 23.8 Å². The van der Waals surface area contributed by atoms with Gasteiger partial charge in [0.05, 0.1) is 16.8 Å². The first-order valence-corrected chi connectivity index (χ1v) is 11.0. The Morgan fingerprint density at radius 1 is 1.06 bits per heavy atom. The van der Waals surface area contributed by atoms with E-state index in [0.29, 0.717) is 12.0 Å². The van der Waals surface area contributed by atoms with Crippen LogP contribution in [0.3, 0.4) is 0 Å². The Hall–Kier alpha value is -3.67. The Morgan fingerprint density at radius 3 is 2.67 bits per heavy atom. The smallest absolute Gasteiger partial charge is 0.339 e. The maximum Gasteiger partial charge on any atom is 0.339 e. The van der Waals surface area contributed by atoms with Gasteiger partial charge in [-0.25, -0.2) is 9.78 Å². The molecule has 0 N–H and O–H groups in total. The van der Waals surface area contributed by atoms with Gasteiger partial charge in [0.25, 0.3) is 0 Å². The number of hydrogen-bond donors (Lipinski definition) is 0. The maximum absolute atomic E-state index is 13.2. The third kappa shape index (κ3) is 3.97. The van der Waals surface area contributed by atoms with Crippen LogP contribution in [0.1, 0.15) is 54.4 Å². The van der Waals surface area contributed by atoms with Gasteiger partial charge in [0, 0.05) is 10.8 Å². The van der Waals surface area contributed by atoms with Crippen LogP contribution in [-0.2, 0) is 16.0 Å². The summed E-state index contributed by atoms with van der Waals surface area (Å²) >= 11 is 0. The highest BCUT2D eigenvalue weighted by molar-refractivity contribution is 6.07. The van der Waals surface area contributed by atoms with Crippen molar-refractivity contribution in [1.29, 1.82) is 0 Å². The fourth-order valence-electron chi connectivity index (χ4n) is 4.14. The largest absolute Gasteiger partial charge is 0.454 e. The second-order valence-corrected chi connectivity index (χ2v) is 9.36. The van der Waals surface area contributed by atoms with Crippen LogP contribution in [0.2, 0.25) is 0 Å². The molecule has 33 heavy (non-hydrogen) atoms. The van der Waals surface area contributed by atoms with Crippen molar-refractivity contribution in [3.63, 3.8) is 0 Å². The molecule has 0 spiro atoms. The van der Waals surface area contributed by atoms with Gasteiger partial charge in [-0.1, -0.05) is 45.0 Å². The van der Waals surface area contributed by atoms with Crippen LogP contribution in [0.5, 0.6) is 11.5 Å². The molecule has 1 aromatic heterocycles. The number of aromatic nitrogens is 1. The van der Waals surface area contributed by atoms with E-state index in [-0.39, 0.29) is 19.2 Å². The number of ether oxygens (including phenoxy) is 3. The molecule has 6 nitrogen and oxygen atoms in total. The number of fused-ring (bicyclic) bond motifs is 3. The summed E-state index contributed by atoms with van der Waals surface area (Å²) in [4.78, 5) is 30.4. The summed E-state index contributed by atoms with van der Waals surface area (Å²) in [5.41, 5.74) is 4.37. The van der Waals surface area contributed by atoms with Gasteiger partial charge in [-0.05, 0) is 53.8 Å². The summed E-state index contributed by atoms with van der Waals surface area (Å²) in [6.45, 7) is 5.43. The van der Waals surface area contributed by atoms with Crippen molar-refractivity contribution >= 4 is 34.3 Å². The molecule has 0 radical (unpaired) electrons. The summed E-state index contributed by atoms with van der Waals surface area (Å²) in [5, 5.41) is 0.744. The van der Waals surface area contributed by atoms with Crippen molar-refractivity contribution in [3.05, 3.63) is 64.8 Å². The highest BCUT2D eigenvalue weighted by atomic mass is 16.7. The summed E-state index contributed by atoms with van der Waals surface area (Å²) in [5.74, 6) is 0.866. The molecule has 2 heterocycles. The second kappa shape index (κ2) is 8.03. The van der Waals surface area contributed by atoms with Gasteiger partial charge in [-0.3, -0.25) is 4.79 Å². The number of carbonyl (C=O) groups is 2. The molecule has 5 rings (SSSR count). The van der Waals surface area contributed by atoms with Crippen LogP contribution < -0.4 is 9.47 Å². The van der Waals surface area contributed by atoms with Crippen LogP contribution >= 0.6 is 0 Å². The van der Waals surface area contributed by atoms with E-state index in [1.54, 1.807) is 0 Å². The number of benzene rings is 2. The third-order valence-corrected chi connectivity index (χ3v) is 6.05. The molecule has 0 saturated carbocycles. The van der Waals surface area contributed by atoms with Crippen molar-refractivity contribution in [2.24, 2.45) is 5.41 Å². The molecule has 6 heteroatoms. The fraction of sp³-hybridized carbons (Fsp3) is 0.296. The van der Waals surface area contributed by atoms with E-state index >= 15 is 0 Å². The van der Waals surface area contributed by atoms with Crippen LogP contribution in [0, 0.1) is 5.41 Å². The van der Waals surface area contributed by atoms with Crippen LogP contribution in [0.25, 0.3) is 22.6 Å². The average molecular weight is 443 g/mol. The Balaban J connectivity index is 1.54. The number of pyridine rings is 1. The molecule has 168 valence electrons. The van der Waals surface area contributed by atoms with E-state index in [2.05, 4.69) is 6.08 Å². The van der Waals surface area contributed by atoms with Crippen LogP contribution in [0.15, 0.2) is 42.5 Å². The van der Waals surface area contributed by atoms with E-state index in [4.69, 9.17) is 19.2 Å². The molecule has 2 aromatic carbocycles. The van der Waals surface area contributed by atoms with Gasteiger partial charge >= 0.3 is 5.97 Å². The van der Waals surface area contributed by atoms with E-state index in [1.807, 2.05) is 63.2 Å². The molecule has 3 aromatic rings. The lowest BCUT2D eigenvalue weighted by atomic mass is 9.91. The number of nitrogens with zero attached hydrogens (tertiary/aromatic N) is 1. The lowest BCUT2D eigenvalue weighted by Gasteiger charge is -2.17. The highest BCUT2D eigenvalue weighted by Gasteiger charge is 2.29. The molecule has 0 amide bonds. The van der Waals surface area contributed by atoms with Gasteiger partial charge < -0.3 is 14.2 Å². The first kappa shape index (κ1) is 21.2. The minimum Gasteiger partial charge on any atom is -0.454 e. The lowest BCUT2D eigenvalue weighted by Crippen LogP contribution is -2.26. The topological polar surface area (TPSA) is 74.7 Å². The molecule has 1 aliphatic heterocycles. The molecular weight excluding hydrogens is 418 g/mol. The van der Waals surface area contributed by atoms with E-state index < -0.39 is 11.4 Å². The minimum atomic E-state index is -0.566. The third-order valence-electron chi connectivity index (χ3n) is 6.05. The second-order valence-electron chi connectivity index (χ2n) is 9.36. The summed E-state index contributed by atoms with van der Waals surface area (Å²) in [6.07, 6.45) is 3.52. The zero-order valence-corrected chi connectivity index (χ0v) is 18.9. The molecule has 2 aliphatic rings. The summed E-state index contributed by atoms with van der Waals surface area (Å²) in [7, 11) is 0. The molecule has 0 fully saturated rings. The number of carbonyl (C=O) groups excluding carboxylic acids is 2. The SMILES string of the molecule is CC(C)(C)C(=O)COC(=O)c1c2c(nc3ccccc13)C(=Cc1ccc3c(c1)OCO3)CC2. The standard InChI is InChI=1S/C27H25NO5/c1-27(2,3)23(29)14-31-26(30)24-18-6-4-5-7-20(18)28-25-17(9-10-19(24)25)12-16-8-11-21-22(13-16)33-15-32-21/h4-8,11-13H,9-10,14-15H2,1-3H3. The monoisotopic (exact) mass is 443 g/mol. The van der Waals surface area contributed by atoms with Crippen molar-refractivity contribution in [2.75, 3.05) is 13.4 Å². The normalized spacial score (nSPS) is 15.7. The number of allylic oxidation sites excluding steroid dienone is 1. The highest BCUT2D eigenvalue weighted by Crippen LogP contribution is 2.39. The predicted molar refractivity (Wildman–Crippen MR) is 125 cm³/mol. The van der Waals surface area contributed by atoms with E-state index in [0.717, 1.165) is 51.2 Å². The Morgan fingerprint density at radius 2 is 1.85 bits per heavy atom. The Kier molecular flexibility index (Phi) is 5.16. The van der Waals surface area contributed by atoms with Crippen LogP contribution in [-0.4, -0.2) is 30.1 Å². The average Bonchev–Trinajstić information content (AvgIpc) is 3.41. The predicted octanol–water partition coefficient (Wildman–Crippen LogP) is 5.22. The number of Topliss-reactive ketones (excluding diaryl/α,β-unsaturated/α-hetero) is 1. The number of ketones is 1. The Labute approximate surface area is 192 Å². The quantitative estimate of drug-likeness (QED) is 0.515. The van der Waals surface area contributed by atoms with Gasteiger partial charge in [0.1, 0.15) is 0 Å². The Bertz CT molecular complexity index is 1320. The van der Waals surface area contributed by atoms with Gasteiger partial charge in [-0.15, -0.1) is 0 Å². The van der Waals surface area contributed by atoms with Crippen molar-refractivity contribution in [1.82, 2.24) is 4.98 Å². The lowest BCUT2D eigenvalue weighted by molar-refractivity contribution is -0.129. The first-order chi connectivity index (χ1) is 15.8. The first-order valence-electron chi connectivity index (χ1n) is 11.0. The molecule has 0 bridgehead atoms. The molecule has 1 aliphatic carbocycles. The van der Waals surface area contributed by atoms with Gasteiger partial charge in [-0.2, -0.15) is 0 Å². The van der Waals surface area contributed by atoms with E-state index in [1.165, 1.54) is 0 Å².